The second kappa shape index (κ2) is 6.08. The van der Waals surface area contributed by atoms with E-state index in [0.717, 1.165) is 12.8 Å². The molecule has 0 saturated heterocycles. The third-order valence-corrected chi connectivity index (χ3v) is 4.28. The van der Waals surface area contributed by atoms with E-state index in [-0.39, 0.29) is 11.6 Å². The lowest BCUT2D eigenvalue weighted by molar-refractivity contribution is -0.161. The van der Waals surface area contributed by atoms with Gasteiger partial charge in [0.15, 0.2) is 0 Å². The van der Waals surface area contributed by atoms with Crippen molar-refractivity contribution in [2.24, 2.45) is 5.92 Å². The maximum atomic E-state index is 13.2. The van der Waals surface area contributed by atoms with Gasteiger partial charge in [-0.2, -0.15) is 13.2 Å². The van der Waals surface area contributed by atoms with Crippen molar-refractivity contribution in [3.63, 3.8) is 0 Å². The molecule has 2 atom stereocenters. The number of carbonyl (C=O) groups is 1. The van der Waals surface area contributed by atoms with Gasteiger partial charge in [-0.25, -0.2) is 0 Å². The van der Waals surface area contributed by atoms with Gasteiger partial charge in [0.1, 0.15) is 0 Å². The van der Waals surface area contributed by atoms with Crippen LogP contribution in [0.5, 0.6) is 0 Å². The minimum Gasteiger partial charge on any atom is -0.343 e. The number of nitrogens with zero attached hydrogens (tertiary/aromatic N) is 1. The van der Waals surface area contributed by atoms with Gasteiger partial charge >= 0.3 is 6.18 Å². The quantitative estimate of drug-likeness (QED) is 0.805. The summed E-state index contributed by atoms with van der Waals surface area (Å²) in [7, 11) is 1.60. The summed E-state index contributed by atoms with van der Waals surface area (Å²) in [5.74, 6) is -1.74. The van der Waals surface area contributed by atoms with Gasteiger partial charge in [-0.1, -0.05) is 30.3 Å². The van der Waals surface area contributed by atoms with Crippen molar-refractivity contribution in [1.29, 1.82) is 0 Å². The van der Waals surface area contributed by atoms with E-state index >= 15 is 0 Å². The molecule has 0 spiro atoms. The van der Waals surface area contributed by atoms with Crippen molar-refractivity contribution in [2.45, 2.75) is 44.3 Å². The maximum absolute atomic E-state index is 13.2. The van der Waals surface area contributed by atoms with Gasteiger partial charge in [0, 0.05) is 19.5 Å². The van der Waals surface area contributed by atoms with E-state index in [4.69, 9.17) is 0 Å². The summed E-state index contributed by atoms with van der Waals surface area (Å²) >= 11 is 0. The van der Waals surface area contributed by atoms with E-state index in [1.54, 1.807) is 25.2 Å². The third kappa shape index (κ3) is 3.99. The van der Waals surface area contributed by atoms with Gasteiger partial charge in [0.2, 0.25) is 5.91 Å². The van der Waals surface area contributed by atoms with Crippen LogP contribution in [0.2, 0.25) is 0 Å². The smallest absolute Gasteiger partial charge is 0.343 e. The summed E-state index contributed by atoms with van der Waals surface area (Å²) in [5, 5.41) is 0. The van der Waals surface area contributed by atoms with Gasteiger partial charge in [0.05, 0.1) is 5.92 Å². The zero-order valence-electron chi connectivity index (χ0n) is 12.2. The Hall–Kier alpha value is -1.52. The summed E-state index contributed by atoms with van der Waals surface area (Å²) in [5.41, 5.74) is 0.144. The number of alkyl halides is 3. The van der Waals surface area contributed by atoms with Crippen LogP contribution >= 0.6 is 0 Å². The molecule has 0 aromatic heterocycles. The first kappa shape index (κ1) is 15.9. The molecule has 0 bridgehead atoms. The van der Waals surface area contributed by atoms with Crippen LogP contribution in [0.25, 0.3) is 0 Å². The Morgan fingerprint density at radius 2 is 1.86 bits per heavy atom. The standard InChI is InChI=1S/C16H20F3NO/c1-11(12-8-9-12)20(2)15(21)10-14(16(17,18)19)13-6-4-3-5-7-13/h3-7,11-12,14H,8-10H2,1-2H3/t11-,14-/m0/s1. The van der Waals surface area contributed by atoms with Gasteiger partial charge in [-0.15, -0.1) is 0 Å². The van der Waals surface area contributed by atoms with E-state index in [2.05, 4.69) is 0 Å². The molecular weight excluding hydrogens is 279 g/mol. The predicted octanol–water partition coefficient (Wildman–Crippen LogP) is 3.98. The summed E-state index contributed by atoms with van der Waals surface area (Å²) in [6, 6.07) is 7.66. The van der Waals surface area contributed by atoms with Gasteiger partial charge in [0.25, 0.3) is 0 Å². The topological polar surface area (TPSA) is 20.3 Å². The monoisotopic (exact) mass is 299 g/mol. The fourth-order valence-electron chi connectivity index (χ4n) is 2.55. The average molecular weight is 299 g/mol. The fourth-order valence-corrected chi connectivity index (χ4v) is 2.55. The van der Waals surface area contributed by atoms with Crippen molar-refractivity contribution in [3.05, 3.63) is 35.9 Å². The molecule has 1 amide bonds. The van der Waals surface area contributed by atoms with Crippen molar-refractivity contribution >= 4 is 5.91 Å². The number of hydrogen-bond donors (Lipinski definition) is 0. The van der Waals surface area contributed by atoms with Gasteiger partial charge in [-0.3, -0.25) is 4.79 Å². The molecule has 0 heterocycles. The van der Waals surface area contributed by atoms with E-state index in [1.165, 1.54) is 17.0 Å². The van der Waals surface area contributed by atoms with E-state index < -0.39 is 24.4 Å². The normalized spacial score (nSPS) is 18.1. The fraction of sp³-hybridized carbons (Fsp3) is 0.562. The Balaban J connectivity index is 2.10. The molecule has 2 rings (SSSR count). The molecule has 1 aromatic carbocycles. The van der Waals surface area contributed by atoms with Crippen LogP contribution in [0.15, 0.2) is 30.3 Å². The largest absolute Gasteiger partial charge is 0.396 e. The molecule has 0 unspecified atom stereocenters. The molecule has 5 heteroatoms. The highest BCUT2D eigenvalue weighted by Crippen LogP contribution is 2.39. The Labute approximate surface area is 122 Å². The molecular formula is C16H20F3NO. The molecule has 1 fully saturated rings. The summed E-state index contributed by atoms with van der Waals surface area (Å²) < 4.78 is 39.7. The third-order valence-electron chi connectivity index (χ3n) is 4.28. The first-order chi connectivity index (χ1) is 9.80. The number of rotatable bonds is 5. The molecule has 1 aromatic rings. The van der Waals surface area contributed by atoms with Crippen molar-refractivity contribution in [3.8, 4) is 0 Å². The lowest BCUT2D eigenvalue weighted by atomic mass is 9.94. The van der Waals surface area contributed by atoms with Crippen LogP contribution in [0, 0.1) is 5.92 Å². The summed E-state index contributed by atoms with van der Waals surface area (Å²) in [4.78, 5) is 13.6. The molecule has 1 aliphatic carbocycles. The first-order valence-electron chi connectivity index (χ1n) is 7.18. The molecule has 116 valence electrons. The molecule has 0 N–H and O–H groups in total. The first-order valence-corrected chi connectivity index (χ1v) is 7.18. The van der Waals surface area contributed by atoms with Crippen LogP contribution in [-0.4, -0.2) is 30.1 Å². The van der Waals surface area contributed by atoms with Gasteiger partial charge in [-0.05, 0) is 31.2 Å². The van der Waals surface area contributed by atoms with E-state index in [9.17, 15) is 18.0 Å². The maximum Gasteiger partial charge on any atom is 0.396 e. The average Bonchev–Trinajstić information content (AvgIpc) is 3.27. The van der Waals surface area contributed by atoms with Crippen LogP contribution in [0.4, 0.5) is 13.2 Å². The summed E-state index contributed by atoms with van der Waals surface area (Å²) in [6.45, 7) is 1.90. The number of hydrogen-bond acceptors (Lipinski definition) is 1. The molecule has 1 aliphatic rings. The molecule has 2 nitrogen and oxygen atoms in total. The van der Waals surface area contributed by atoms with Crippen LogP contribution in [-0.2, 0) is 4.79 Å². The van der Waals surface area contributed by atoms with Crippen molar-refractivity contribution < 1.29 is 18.0 Å². The van der Waals surface area contributed by atoms with Crippen LogP contribution in [0.3, 0.4) is 0 Å². The predicted molar refractivity (Wildman–Crippen MR) is 74.8 cm³/mol. The highest BCUT2D eigenvalue weighted by molar-refractivity contribution is 5.77. The summed E-state index contributed by atoms with van der Waals surface area (Å²) in [6.07, 6.45) is -2.83. The Bertz CT molecular complexity index is 482. The van der Waals surface area contributed by atoms with E-state index in [1.807, 2.05) is 6.92 Å². The zero-order chi connectivity index (χ0) is 15.6. The molecule has 21 heavy (non-hydrogen) atoms. The minimum atomic E-state index is -4.42. The Kier molecular flexibility index (Phi) is 4.59. The lowest BCUT2D eigenvalue weighted by Gasteiger charge is -2.28. The second-order valence-electron chi connectivity index (χ2n) is 5.79. The number of carbonyl (C=O) groups excluding carboxylic acids is 1. The number of amides is 1. The van der Waals surface area contributed by atoms with E-state index in [0.29, 0.717) is 5.92 Å². The second-order valence-corrected chi connectivity index (χ2v) is 5.79. The van der Waals surface area contributed by atoms with Crippen molar-refractivity contribution in [2.75, 3.05) is 7.05 Å². The molecule has 0 radical (unpaired) electrons. The SMILES string of the molecule is C[C@@H](C1CC1)N(C)C(=O)C[C@@H](c1ccccc1)C(F)(F)F. The number of halogens is 3. The van der Waals surface area contributed by atoms with Crippen LogP contribution < -0.4 is 0 Å². The Morgan fingerprint density at radius 3 is 2.33 bits per heavy atom. The Morgan fingerprint density at radius 1 is 1.29 bits per heavy atom. The molecule has 1 saturated carbocycles. The lowest BCUT2D eigenvalue weighted by Crippen LogP contribution is -2.38. The zero-order valence-corrected chi connectivity index (χ0v) is 12.2. The molecule has 0 aliphatic heterocycles. The number of benzene rings is 1. The minimum absolute atomic E-state index is 0.0159. The highest BCUT2D eigenvalue weighted by atomic mass is 19.4. The van der Waals surface area contributed by atoms with Crippen LogP contribution in [0.1, 0.15) is 37.7 Å². The highest BCUT2D eigenvalue weighted by Gasteiger charge is 2.43. The van der Waals surface area contributed by atoms with Crippen molar-refractivity contribution in [1.82, 2.24) is 4.90 Å². The van der Waals surface area contributed by atoms with Gasteiger partial charge < -0.3 is 4.90 Å².